The molecular formula is C9H13N2. The van der Waals surface area contributed by atoms with Crippen LogP contribution in [0.4, 0.5) is 5.69 Å². The van der Waals surface area contributed by atoms with Crippen molar-refractivity contribution in [1.29, 1.82) is 0 Å². The summed E-state index contributed by atoms with van der Waals surface area (Å²) in [6.45, 7) is 3.06. The van der Waals surface area contributed by atoms with Crippen molar-refractivity contribution >= 4 is 5.69 Å². The van der Waals surface area contributed by atoms with Crippen LogP contribution in [0.5, 0.6) is 0 Å². The predicted molar refractivity (Wildman–Crippen MR) is 46.5 cm³/mol. The average molecular weight is 149 g/mol. The Balaban J connectivity index is 2.28. The summed E-state index contributed by atoms with van der Waals surface area (Å²) in [6, 6.07) is 9.89. The smallest absolute Gasteiger partial charge is 0.0774 e. The van der Waals surface area contributed by atoms with Crippen molar-refractivity contribution in [2.45, 2.75) is 13.3 Å². The maximum atomic E-state index is 4.15. The van der Waals surface area contributed by atoms with Gasteiger partial charge >= 0.3 is 0 Å². The second-order valence-electron chi connectivity index (χ2n) is 2.36. The highest BCUT2D eigenvalue weighted by molar-refractivity contribution is 5.33. The highest BCUT2D eigenvalue weighted by Crippen LogP contribution is 2.02. The number of nitrogens with one attached hydrogen (secondary N) is 1. The molecule has 11 heavy (non-hydrogen) atoms. The number of hydrogen-bond acceptors (Lipinski definition) is 1. The Bertz CT molecular complexity index is 184. The molecule has 59 valence electrons. The standard InChI is InChI=1S/C9H13N2/c1-2-8-10-11-9-6-4-3-5-7-9/h3-7,10H,2,8H2,1H3. The zero-order valence-electron chi connectivity index (χ0n) is 6.75. The molecule has 0 fully saturated rings. The van der Waals surface area contributed by atoms with Gasteiger partial charge in [0, 0.05) is 6.54 Å². The van der Waals surface area contributed by atoms with E-state index in [1.807, 2.05) is 30.3 Å². The number of para-hydroxylation sites is 1. The Morgan fingerprint density at radius 2 is 2.00 bits per heavy atom. The molecule has 0 unspecified atom stereocenters. The zero-order chi connectivity index (χ0) is 7.94. The van der Waals surface area contributed by atoms with Gasteiger partial charge in [-0.1, -0.05) is 25.1 Å². The monoisotopic (exact) mass is 149 g/mol. The van der Waals surface area contributed by atoms with Gasteiger partial charge in [0.05, 0.1) is 5.69 Å². The van der Waals surface area contributed by atoms with E-state index in [2.05, 4.69) is 17.8 Å². The van der Waals surface area contributed by atoms with Gasteiger partial charge in [0.2, 0.25) is 0 Å². The minimum atomic E-state index is 0.939. The largest absolute Gasteiger partial charge is 0.213 e. The first-order valence-corrected chi connectivity index (χ1v) is 3.92. The van der Waals surface area contributed by atoms with E-state index in [0.717, 1.165) is 18.7 Å². The number of nitrogens with zero attached hydrogens (tertiary/aromatic N) is 1. The Morgan fingerprint density at radius 3 is 2.64 bits per heavy atom. The van der Waals surface area contributed by atoms with Gasteiger partial charge in [-0.2, -0.15) is 0 Å². The zero-order valence-corrected chi connectivity index (χ0v) is 6.75. The second kappa shape index (κ2) is 4.74. The van der Waals surface area contributed by atoms with Crippen molar-refractivity contribution in [3.05, 3.63) is 30.3 Å². The van der Waals surface area contributed by atoms with Crippen LogP contribution in [0, 0.1) is 0 Å². The molecule has 1 rings (SSSR count). The quantitative estimate of drug-likeness (QED) is 0.513. The second-order valence-corrected chi connectivity index (χ2v) is 2.36. The van der Waals surface area contributed by atoms with E-state index in [1.165, 1.54) is 0 Å². The van der Waals surface area contributed by atoms with Crippen LogP contribution in [-0.2, 0) is 0 Å². The Labute approximate surface area is 67.6 Å². The van der Waals surface area contributed by atoms with Crippen LogP contribution in [0.2, 0.25) is 0 Å². The third-order valence-electron chi connectivity index (χ3n) is 1.33. The highest BCUT2D eigenvalue weighted by atomic mass is 15.3. The fraction of sp³-hybridized carbons (Fsp3) is 0.333. The lowest BCUT2D eigenvalue weighted by molar-refractivity contribution is 0.613. The minimum absolute atomic E-state index is 0.939. The molecule has 0 saturated heterocycles. The highest BCUT2D eigenvalue weighted by Gasteiger charge is 1.87. The molecule has 0 aromatic heterocycles. The molecule has 0 aliphatic carbocycles. The topological polar surface area (TPSA) is 26.1 Å². The average Bonchev–Trinajstić information content (AvgIpc) is 2.07. The number of benzene rings is 1. The lowest BCUT2D eigenvalue weighted by Crippen LogP contribution is -2.20. The Hall–Kier alpha value is -1.02. The molecule has 0 amide bonds. The Morgan fingerprint density at radius 1 is 1.27 bits per heavy atom. The molecule has 0 atom stereocenters. The van der Waals surface area contributed by atoms with Gasteiger partial charge in [0.25, 0.3) is 0 Å². The SMILES string of the molecule is CCCN[N]c1ccccc1. The van der Waals surface area contributed by atoms with Gasteiger partial charge in [0.1, 0.15) is 0 Å². The first kappa shape index (κ1) is 8.08. The van der Waals surface area contributed by atoms with Crippen molar-refractivity contribution < 1.29 is 0 Å². The van der Waals surface area contributed by atoms with Gasteiger partial charge < -0.3 is 0 Å². The maximum Gasteiger partial charge on any atom is 0.0774 e. The van der Waals surface area contributed by atoms with Crippen LogP contribution >= 0.6 is 0 Å². The van der Waals surface area contributed by atoms with E-state index in [-0.39, 0.29) is 0 Å². The van der Waals surface area contributed by atoms with Gasteiger partial charge in [-0.25, -0.2) is 10.9 Å². The summed E-state index contributed by atoms with van der Waals surface area (Å²) < 4.78 is 0. The third kappa shape index (κ3) is 3.05. The predicted octanol–water partition coefficient (Wildman–Crippen LogP) is 1.84. The summed E-state index contributed by atoms with van der Waals surface area (Å²) in [6.07, 6.45) is 1.11. The van der Waals surface area contributed by atoms with Gasteiger partial charge in [0.15, 0.2) is 0 Å². The van der Waals surface area contributed by atoms with Crippen LogP contribution in [0.15, 0.2) is 30.3 Å². The molecule has 2 heteroatoms. The lowest BCUT2D eigenvalue weighted by atomic mass is 10.3. The van der Waals surface area contributed by atoms with Crippen molar-refractivity contribution in [2.24, 2.45) is 0 Å². The fourth-order valence-corrected chi connectivity index (χ4v) is 0.762. The molecule has 0 aliphatic rings. The molecule has 1 aromatic rings. The van der Waals surface area contributed by atoms with Crippen molar-refractivity contribution in [3.63, 3.8) is 0 Å². The molecule has 2 nitrogen and oxygen atoms in total. The fourth-order valence-electron chi connectivity index (χ4n) is 0.762. The molecule has 1 N–H and O–H groups in total. The maximum absolute atomic E-state index is 4.15. The van der Waals surface area contributed by atoms with Crippen LogP contribution in [-0.4, -0.2) is 6.54 Å². The Kier molecular flexibility index (Phi) is 3.48. The van der Waals surface area contributed by atoms with Gasteiger partial charge in [-0.15, -0.1) is 0 Å². The molecular weight excluding hydrogens is 136 g/mol. The van der Waals surface area contributed by atoms with Crippen LogP contribution < -0.4 is 10.9 Å². The first-order valence-electron chi connectivity index (χ1n) is 3.92. The summed E-state index contributed by atoms with van der Waals surface area (Å²) in [7, 11) is 0. The summed E-state index contributed by atoms with van der Waals surface area (Å²) in [5.74, 6) is 0. The van der Waals surface area contributed by atoms with E-state index in [9.17, 15) is 0 Å². The number of rotatable bonds is 4. The molecule has 0 saturated carbocycles. The van der Waals surface area contributed by atoms with E-state index in [4.69, 9.17) is 0 Å². The van der Waals surface area contributed by atoms with Crippen molar-refractivity contribution in [2.75, 3.05) is 6.54 Å². The van der Waals surface area contributed by atoms with E-state index >= 15 is 0 Å². The van der Waals surface area contributed by atoms with Gasteiger partial charge in [-0.3, -0.25) is 0 Å². The summed E-state index contributed by atoms with van der Waals surface area (Å²) in [5.41, 5.74) is 8.11. The van der Waals surface area contributed by atoms with Gasteiger partial charge in [-0.05, 0) is 18.6 Å². The summed E-state index contributed by atoms with van der Waals surface area (Å²) in [4.78, 5) is 0. The minimum Gasteiger partial charge on any atom is -0.213 e. The molecule has 1 radical (unpaired) electrons. The van der Waals surface area contributed by atoms with Crippen molar-refractivity contribution in [3.8, 4) is 0 Å². The normalized spacial score (nSPS) is 9.55. The molecule has 0 aliphatic heterocycles. The van der Waals surface area contributed by atoms with Crippen LogP contribution in [0.25, 0.3) is 0 Å². The van der Waals surface area contributed by atoms with Crippen molar-refractivity contribution in [1.82, 2.24) is 10.9 Å². The molecule has 0 bridgehead atoms. The lowest BCUT2D eigenvalue weighted by Gasteiger charge is -2.01. The molecule has 1 aromatic carbocycles. The third-order valence-corrected chi connectivity index (χ3v) is 1.33. The molecule has 0 spiro atoms. The van der Waals surface area contributed by atoms with E-state index < -0.39 is 0 Å². The van der Waals surface area contributed by atoms with Crippen LogP contribution in [0.3, 0.4) is 0 Å². The van der Waals surface area contributed by atoms with Crippen LogP contribution in [0.1, 0.15) is 13.3 Å². The molecule has 0 heterocycles. The van der Waals surface area contributed by atoms with E-state index in [1.54, 1.807) is 0 Å². The number of hydrogen-bond donors (Lipinski definition) is 1. The summed E-state index contributed by atoms with van der Waals surface area (Å²) in [5, 5.41) is 0. The van der Waals surface area contributed by atoms with E-state index in [0.29, 0.717) is 0 Å². The summed E-state index contributed by atoms with van der Waals surface area (Å²) >= 11 is 0. The first-order chi connectivity index (χ1) is 5.43.